The number of benzene rings is 2. The van der Waals surface area contributed by atoms with Gasteiger partial charge in [-0.3, -0.25) is 9.69 Å². The van der Waals surface area contributed by atoms with E-state index in [1.54, 1.807) is 12.1 Å². The number of ether oxygens (including phenoxy) is 2. The lowest BCUT2D eigenvalue weighted by molar-refractivity contribution is -0.120. The second kappa shape index (κ2) is 9.77. The van der Waals surface area contributed by atoms with Gasteiger partial charge in [-0.05, 0) is 57.3 Å². The molecule has 0 bridgehead atoms. The fourth-order valence-electron chi connectivity index (χ4n) is 2.32. The topological polar surface area (TPSA) is 50.8 Å². The quantitative estimate of drug-likeness (QED) is 0.743. The Hall–Kier alpha value is -2.60. The molecule has 1 atom stereocenters. The molecule has 2 aromatic carbocycles. The molecule has 2 aromatic rings. The summed E-state index contributed by atoms with van der Waals surface area (Å²) >= 11 is 0. The number of rotatable bonds is 9. The Morgan fingerprint density at radius 3 is 2.54 bits per heavy atom. The maximum absolute atomic E-state index is 12.9. The summed E-state index contributed by atoms with van der Waals surface area (Å²) < 4.78 is 24.0. The van der Waals surface area contributed by atoms with Gasteiger partial charge in [0.15, 0.2) is 0 Å². The number of carbonyl (C=O) groups excluding carboxylic acids is 1. The van der Waals surface area contributed by atoms with Crippen molar-refractivity contribution in [2.75, 3.05) is 32.1 Å². The Balaban J connectivity index is 1.84. The number of anilines is 1. The molecule has 0 saturated heterocycles. The SMILES string of the molecule is CCOc1ccccc1NC(=O)C(C)N(C)CCOc1ccc(F)cc1. The number of halogens is 1. The molecule has 0 aliphatic rings. The van der Waals surface area contributed by atoms with Gasteiger partial charge in [-0.1, -0.05) is 12.1 Å². The van der Waals surface area contributed by atoms with Gasteiger partial charge < -0.3 is 14.8 Å². The molecular formula is C20H25FN2O3. The molecule has 0 spiro atoms. The van der Waals surface area contributed by atoms with E-state index in [9.17, 15) is 9.18 Å². The number of likely N-dealkylation sites (N-methyl/N-ethyl adjacent to an activating group) is 1. The fourth-order valence-corrected chi connectivity index (χ4v) is 2.32. The van der Waals surface area contributed by atoms with Gasteiger partial charge in [-0.25, -0.2) is 4.39 Å². The summed E-state index contributed by atoms with van der Waals surface area (Å²) in [5, 5.41) is 2.90. The third-order valence-corrected chi connectivity index (χ3v) is 4.01. The molecule has 0 aliphatic carbocycles. The number of para-hydroxylation sites is 2. The molecule has 6 heteroatoms. The van der Waals surface area contributed by atoms with E-state index in [2.05, 4.69) is 5.32 Å². The molecule has 0 aromatic heterocycles. The van der Waals surface area contributed by atoms with E-state index in [0.29, 0.717) is 36.9 Å². The van der Waals surface area contributed by atoms with Gasteiger partial charge >= 0.3 is 0 Å². The third-order valence-electron chi connectivity index (χ3n) is 4.01. The van der Waals surface area contributed by atoms with E-state index < -0.39 is 0 Å². The van der Waals surface area contributed by atoms with Crippen LogP contribution in [0, 0.1) is 5.82 Å². The van der Waals surface area contributed by atoms with Gasteiger partial charge in [0.25, 0.3) is 0 Å². The van der Waals surface area contributed by atoms with Crippen LogP contribution in [0.3, 0.4) is 0 Å². The van der Waals surface area contributed by atoms with Gasteiger partial charge in [0.05, 0.1) is 18.3 Å². The standard InChI is InChI=1S/C20H25FN2O3/c1-4-25-19-8-6-5-7-18(19)22-20(24)15(2)23(3)13-14-26-17-11-9-16(21)10-12-17/h5-12,15H,4,13-14H2,1-3H3,(H,22,24). The first-order chi connectivity index (χ1) is 12.5. The molecule has 0 radical (unpaired) electrons. The summed E-state index contributed by atoms with van der Waals surface area (Å²) in [5.74, 6) is 0.828. The van der Waals surface area contributed by atoms with Crippen molar-refractivity contribution < 1.29 is 18.7 Å². The minimum atomic E-state index is -0.346. The molecule has 140 valence electrons. The Morgan fingerprint density at radius 2 is 1.85 bits per heavy atom. The summed E-state index contributed by atoms with van der Waals surface area (Å²) in [6, 6.07) is 12.9. The van der Waals surface area contributed by atoms with Gasteiger partial charge in [0.2, 0.25) is 5.91 Å². The highest BCUT2D eigenvalue weighted by Crippen LogP contribution is 2.24. The average Bonchev–Trinajstić information content (AvgIpc) is 2.64. The number of nitrogens with zero attached hydrogens (tertiary/aromatic N) is 1. The fraction of sp³-hybridized carbons (Fsp3) is 0.350. The zero-order chi connectivity index (χ0) is 18.9. The maximum atomic E-state index is 12.9. The molecule has 26 heavy (non-hydrogen) atoms. The average molecular weight is 360 g/mol. The zero-order valence-corrected chi connectivity index (χ0v) is 15.4. The number of nitrogens with one attached hydrogen (secondary N) is 1. The predicted molar refractivity (Wildman–Crippen MR) is 100 cm³/mol. The van der Waals surface area contributed by atoms with Crippen LogP contribution in [0.15, 0.2) is 48.5 Å². The number of hydrogen-bond acceptors (Lipinski definition) is 4. The molecule has 1 unspecified atom stereocenters. The van der Waals surface area contributed by atoms with Crippen LogP contribution in [-0.2, 0) is 4.79 Å². The van der Waals surface area contributed by atoms with Crippen LogP contribution in [0.1, 0.15) is 13.8 Å². The maximum Gasteiger partial charge on any atom is 0.241 e. The van der Waals surface area contributed by atoms with Crippen LogP contribution in [-0.4, -0.2) is 43.7 Å². The van der Waals surface area contributed by atoms with E-state index in [1.165, 1.54) is 12.1 Å². The van der Waals surface area contributed by atoms with Crippen LogP contribution < -0.4 is 14.8 Å². The highest BCUT2D eigenvalue weighted by Gasteiger charge is 2.19. The van der Waals surface area contributed by atoms with Crippen molar-refractivity contribution in [3.8, 4) is 11.5 Å². The molecule has 1 N–H and O–H groups in total. The summed E-state index contributed by atoms with van der Waals surface area (Å²) in [6.07, 6.45) is 0. The van der Waals surface area contributed by atoms with Gasteiger partial charge in [0.1, 0.15) is 23.9 Å². The summed E-state index contributed by atoms with van der Waals surface area (Å²) in [4.78, 5) is 14.4. The van der Waals surface area contributed by atoms with E-state index in [4.69, 9.17) is 9.47 Å². The summed E-state index contributed by atoms with van der Waals surface area (Å²) in [6.45, 7) is 5.21. The highest BCUT2D eigenvalue weighted by molar-refractivity contribution is 5.95. The first kappa shape index (κ1) is 19.7. The number of carbonyl (C=O) groups is 1. The van der Waals surface area contributed by atoms with Gasteiger partial charge in [-0.15, -0.1) is 0 Å². The Morgan fingerprint density at radius 1 is 1.15 bits per heavy atom. The molecular weight excluding hydrogens is 335 g/mol. The second-order valence-corrected chi connectivity index (χ2v) is 5.88. The van der Waals surface area contributed by atoms with Crippen molar-refractivity contribution in [1.82, 2.24) is 4.90 Å². The van der Waals surface area contributed by atoms with Crippen molar-refractivity contribution in [2.24, 2.45) is 0 Å². The van der Waals surface area contributed by atoms with Crippen molar-refractivity contribution in [2.45, 2.75) is 19.9 Å². The Kier molecular flexibility index (Phi) is 7.41. The van der Waals surface area contributed by atoms with Crippen LogP contribution >= 0.6 is 0 Å². The van der Waals surface area contributed by atoms with E-state index in [0.717, 1.165) is 0 Å². The smallest absolute Gasteiger partial charge is 0.241 e. The first-order valence-corrected chi connectivity index (χ1v) is 8.62. The van der Waals surface area contributed by atoms with Crippen LogP contribution in [0.4, 0.5) is 10.1 Å². The van der Waals surface area contributed by atoms with Crippen molar-refractivity contribution in [3.63, 3.8) is 0 Å². The lowest BCUT2D eigenvalue weighted by atomic mass is 10.2. The number of amides is 1. The lowest BCUT2D eigenvalue weighted by Gasteiger charge is -2.24. The van der Waals surface area contributed by atoms with Gasteiger partial charge in [0, 0.05) is 6.54 Å². The number of hydrogen-bond donors (Lipinski definition) is 1. The minimum absolute atomic E-state index is 0.124. The monoisotopic (exact) mass is 360 g/mol. The molecule has 0 heterocycles. The molecule has 0 fully saturated rings. The summed E-state index contributed by atoms with van der Waals surface area (Å²) in [5.41, 5.74) is 0.655. The van der Waals surface area contributed by atoms with E-state index in [1.807, 2.05) is 50.1 Å². The van der Waals surface area contributed by atoms with E-state index >= 15 is 0 Å². The van der Waals surface area contributed by atoms with Crippen molar-refractivity contribution >= 4 is 11.6 Å². The predicted octanol–water partition coefficient (Wildman–Crippen LogP) is 3.56. The van der Waals surface area contributed by atoms with Crippen molar-refractivity contribution in [1.29, 1.82) is 0 Å². The summed E-state index contributed by atoms with van der Waals surface area (Å²) in [7, 11) is 1.85. The normalized spacial score (nSPS) is 11.9. The van der Waals surface area contributed by atoms with E-state index in [-0.39, 0.29) is 17.8 Å². The highest BCUT2D eigenvalue weighted by atomic mass is 19.1. The van der Waals surface area contributed by atoms with Crippen LogP contribution in [0.5, 0.6) is 11.5 Å². The second-order valence-electron chi connectivity index (χ2n) is 5.88. The van der Waals surface area contributed by atoms with Gasteiger partial charge in [-0.2, -0.15) is 0 Å². The lowest BCUT2D eigenvalue weighted by Crippen LogP contribution is -2.41. The largest absolute Gasteiger partial charge is 0.492 e. The molecule has 1 amide bonds. The van der Waals surface area contributed by atoms with Crippen LogP contribution in [0.25, 0.3) is 0 Å². The van der Waals surface area contributed by atoms with Crippen molar-refractivity contribution in [3.05, 3.63) is 54.3 Å². The minimum Gasteiger partial charge on any atom is -0.492 e. The molecule has 5 nitrogen and oxygen atoms in total. The zero-order valence-electron chi connectivity index (χ0n) is 15.4. The molecule has 0 aliphatic heterocycles. The van der Waals surface area contributed by atoms with Crippen LogP contribution in [0.2, 0.25) is 0 Å². The third kappa shape index (κ3) is 5.74. The molecule has 0 saturated carbocycles. The first-order valence-electron chi connectivity index (χ1n) is 8.62. The Labute approximate surface area is 153 Å². The molecule has 2 rings (SSSR count). The Bertz CT molecular complexity index is 706.